The minimum Gasteiger partial charge on any atom is -0.497 e. The van der Waals surface area contributed by atoms with Gasteiger partial charge in [-0.1, -0.05) is 24.3 Å². The van der Waals surface area contributed by atoms with Crippen LogP contribution >= 0.6 is 0 Å². The van der Waals surface area contributed by atoms with Gasteiger partial charge in [0, 0.05) is 6.54 Å². The van der Waals surface area contributed by atoms with Crippen LogP contribution in [0.1, 0.15) is 37.7 Å². The van der Waals surface area contributed by atoms with E-state index in [4.69, 9.17) is 10.5 Å². The minimum absolute atomic E-state index is 0.278. The number of nitrogens with two attached hydrogens (primary N) is 1. The Bertz CT molecular complexity index is 468. The van der Waals surface area contributed by atoms with Gasteiger partial charge in [-0.15, -0.1) is 0 Å². The molecule has 1 saturated carbocycles. The molecule has 3 nitrogen and oxygen atoms in total. The second kappa shape index (κ2) is 5.98. The molecular formula is C17H25NO2. The molecule has 1 unspecified atom stereocenters. The summed E-state index contributed by atoms with van der Waals surface area (Å²) < 4.78 is 5.21. The van der Waals surface area contributed by atoms with Gasteiger partial charge >= 0.3 is 0 Å². The van der Waals surface area contributed by atoms with Crippen LogP contribution in [0.25, 0.3) is 0 Å². The van der Waals surface area contributed by atoms with Crippen LogP contribution in [-0.2, 0) is 0 Å². The number of ether oxygens (including phenoxy) is 1. The van der Waals surface area contributed by atoms with Gasteiger partial charge in [0.05, 0.1) is 12.7 Å². The van der Waals surface area contributed by atoms with Gasteiger partial charge in [0.25, 0.3) is 0 Å². The lowest BCUT2D eigenvalue weighted by atomic mass is 9.67. The molecule has 0 bridgehead atoms. The molecule has 0 radical (unpaired) electrons. The van der Waals surface area contributed by atoms with Crippen molar-refractivity contribution < 1.29 is 9.84 Å². The predicted octanol–water partition coefficient (Wildman–Crippen LogP) is 2.84. The molecule has 3 heteroatoms. The Morgan fingerprint density at radius 3 is 2.60 bits per heavy atom. The van der Waals surface area contributed by atoms with Gasteiger partial charge in [-0.2, -0.15) is 0 Å². The number of hydrogen-bond donors (Lipinski definition) is 2. The van der Waals surface area contributed by atoms with Crippen LogP contribution in [0.3, 0.4) is 0 Å². The van der Waals surface area contributed by atoms with Crippen LogP contribution < -0.4 is 10.5 Å². The summed E-state index contributed by atoms with van der Waals surface area (Å²) in [5, 5.41) is 10.5. The maximum Gasteiger partial charge on any atom is 0.118 e. The molecule has 2 rings (SSSR count). The van der Waals surface area contributed by atoms with Crippen molar-refractivity contribution in [1.82, 2.24) is 0 Å². The molecule has 3 atom stereocenters. The van der Waals surface area contributed by atoms with Crippen LogP contribution in [0.4, 0.5) is 0 Å². The van der Waals surface area contributed by atoms with E-state index in [-0.39, 0.29) is 5.92 Å². The Balaban J connectivity index is 2.28. The first-order chi connectivity index (χ1) is 9.49. The molecule has 1 fully saturated rings. The van der Waals surface area contributed by atoms with E-state index in [0.29, 0.717) is 18.9 Å². The zero-order valence-electron chi connectivity index (χ0n) is 12.4. The number of methoxy groups -OCH3 is 1. The van der Waals surface area contributed by atoms with Crippen molar-refractivity contribution in [3.8, 4) is 5.75 Å². The molecule has 1 aromatic carbocycles. The average molecular weight is 275 g/mol. The van der Waals surface area contributed by atoms with Gasteiger partial charge in [-0.05, 0) is 55.7 Å². The summed E-state index contributed by atoms with van der Waals surface area (Å²) in [5.41, 5.74) is 7.43. The molecule has 0 amide bonds. The highest BCUT2D eigenvalue weighted by atomic mass is 16.5. The Labute approximate surface area is 121 Å². The number of benzene rings is 1. The lowest BCUT2D eigenvalue weighted by Gasteiger charge is -2.41. The van der Waals surface area contributed by atoms with E-state index in [1.54, 1.807) is 7.11 Å². The fourth-order valence-corrected chi connectivity index (χ4v) is 3.26. The van der Waals surface area contributed by atoms with Crippen LogP contribution in [0.2, 0.25) is 0 Å². The Morgan fingerprint density at radius 2 is 2.10 bits per heavy atom. The molecule has 1 aliphatic carbocycles. The topological polar surface area (TPSA) is 55.5 Å². The SMILES string of the molecule is C=C(C)[C@@H]1CCC(O)(CN)C[C@H]1c1ccc(OC)cc1. The molecular weight excluding hydrogens is 250 g/mol. The molecule has 3 N–H and O–H groups in total. The van der Waals surface area contributed by atoms with E-state index < -0.39 is 5.60 Å². The van der Waals surface area contributed by atoms with Crippen molar-refractivity contribution in [2.45, 2.75) is 37.7 Å². The van der Waals surface area contributed by atoms with Crippen LogP contribution in [0, 0.1) is 5.92 Å². The monoisotopic (exact) mass is 275 g/mol. The third kappa shape index (κ3) is 3.05. The normalized spacial score (nSPS) is 30.0. The molecule has 1 aliphatic rings. The number of allylic oxidation sites excluding steroid dienone is 1. The summed E-state index contributed by atoms with van der Waals surface area (Å²) in [6, 6.07) is 8.12. The van der Waals surface area contributed by atoms with E-state index in [9.17, 15) is 5.11 Å². The number of hydrogen-bond acceptors (Lipinski definition) is 3. The average Bonchev–Trinajstić information content (AvgIpc) is 2.47. The first-order valence-corrected chi connectivity index (χ1v) is 7.21. The van der Waals surface area contributed by atoms with Gasteiger partial charge in [-0.3, -0.25) is 0 Å². The predicted molar refractivity (Wildman–Crippen MR) is 81.9 cm³/mol. The quantitative estimate of drug-likeness (QED) is 0.831. The smallest absolute Gasteiger partial charge is 0.118 e. The van der Waals surface area contributed by atoms with Gasteiger partial charge in [0.15, 0.2) is 0 Å². The van der Waals surface area contributed by atoms with E-state index in [1.807, 2.05) is 12.1 Å². The zero-order chi connectivity index (χ0) is 14.8. The van der Waals surface area contributed by atoms with Gasteiger partial charge in [0.1, 0.15) is 5.75 Å². The number of rotatable bonds is 4. The molecule has 110 valence electrons. The van der Waals surface area contributed by atoms with Crippen molar-refractivity contribution in [2.24, 2.45) is 11.7 Å². The van der Waals surface area contributed by atoms with Crippen LogP contribution in [-0.4, -0.2) is 24.4 Å². The maximum absolute atomic E-state index is 10.5. The second-order valence-electron chi connectivity index (χ2n) is 6.00. The van der Waals surface area contributed by atoms with E-state index in [0.717, 1.165) is 18.6 Å². The second-order valence-corrected chi connectivity index (χ2v) is 6.00. The molecule has 0 heterocycles. The number of aliphatic hydroxyl groups is 1. The van der Waals surface area contributed by atoms with E-state index in [1.165, 1.54) is 11.1 Å². The molecule has 0 aliphatic heterocycles. The van der Waals surface area contributed by atoms with Crippen molar-refractivity contribution in [2.75, 3.05) is 13.7 Å². The van der Waals surface area contributed by atoms with Crippen LogP contribution in [0.15, 0.2) is 36.4 Å². The maximum atomic E-state index is 10.5. The summed E-state index contributed by atoms with van der Waals surface area (Å²) in [6.45, 7) is 6.52. The lowest BCUT2D eigenvalue weighted by molar-refractivity contribution is -0.00608. The highest BCUT2D eigenvalue weighted by Gasteiger charge is 2.39. The third-order valence-electron chi connectivity index (χ3n) is 4.56. The van der Waals surface area contributed by atoms with Gasteiger partial charge in [0.2, 0.25) is 0 Å². The van der Waals surface area contributed by atoms with Crippen molar-refractivity contribution in [3.63, 3.8) is 0 Å². The highest BCUT2D eigenvalue weighted by molar-refractivity contribution is 5.32. The van der Waals surface area contributed by atoms with Crippen molar-refractivity contribution in [1.29, 1.82) is 0 Å². The van der Waals surface area contributed by atoms with Crippen LogP contribution in [0.5, 0.6) is 5.75 Å². The summed E-state index contributed by atoms with van der Waals surface area (Å²) in [5.74, 6) is 1.54. The first kappa shape index (κ1) is 15.1. The molecule has 0 aromatic heterocycles. The van der Waals surface area contributed by atoms with E-state index >= 15 is 0 Å². The standard InChI is InChI=1S/C17H25NO2/c1-12(2)15-8-9-17(19,11-18)10-16(15)13-4-6-14(20-3)7-5-13/h4-7,15-16,19H,1,8-11,18H2,2-3H3/t15-,16-,17?/m0/s1. The lowest BCUT2D eigenvalue weighted by Crippen LogP contribution is -2.44. The minimum atomic E-state index is -0.740. The fourth-order valence-electron chi connectivity index (χ4n) is 3.26. The van der Waals surface area contributed by atoms with E-state index in [2.05, 4.69) is 25.6 Å². The van der Waals surface area contributed by atoms with Crippen molar-refractivity contribution in [3.05, 3.63) is 42.0 Å². The largest absolute Gasteiger partial charge is 0.497 e. The van der Waals surface area contributed by atoms with Crippen molar-refractivity contribution >= 4 is 0 Å². The summed E-state index contributed by atoms with van der Waals surface area (Å²) in [7, 11) is 1.67. The summed E-state index contributed by atoms with van der Waals surface area (Å²) in [4.78, 5) is 0. The zero-order valence-corrected chi connectivity index (χ0v) is 12.4. The van der Waals surface area contributed by atoms with Gasteiger partial charge < -0.3 is 15.6 Å². The molecule has 20 heavy (non-hydrogen) atoms. The summed E-state index contributed by atoms with van der Waals surface area (Å²) >= 11 is 0. The Kier molecular flexibility index (Phi) is 4.51. The Hall–Kier alpha value is -1.32. The first-order valence-electron chi connectivity index (χ1n) is 7.21. The fraction of sp³-hybridized carbons (Fsp3) is 0.529. The van der Waals surface area contributed by atoms with Gasteiger partial charge in [-0.25, -0.2) is 0 Å². The third-order valence-corrected chi connectivity index (χ3v) is 4.56. The highest BCUT2D eigenvalue weighted by Crippen LogP contribution is 2.45. The summed E-state index contributed by atoms with van der Waals surface area (Å²) in [6.07, 6.45) is 2.40. The molecule has 1 aromatic rings. The Morgan fingerprint density at radius 1 is 1.45 bits per heavy atom. The molecule has 0 spiro atoms. The molecule has 0 saturated heterocycles.